The average molecular weight is 359 g/mol. The maximum atomic E-state index is 11.2. The predicted molar refractivity (Wildman–Crippen MR) is 109 cm³/mol. The minimum Gasteiger partial charge on any atom is -0.417 e. The number of hydrogen-bond donors (Lipinski definition) is 1. The monoisotopic (exact) mass is 358 g/mol. The van der Waals surface area contributed by atoms with E-state index < -0.39 is 13.9 Å². The van der Waals surface area contributed by atoms with Gasteiger partial charge in [0.15, 0.2) is 8.32 Å². The van der Waals surface area contributed by atoms with Crippen LogP contribution in [0.4, 0.5) is 0 Å². The molecule has 3 heteroatoms. The Hall–Kier alpha value is -1.16. The molecule has 0 aromatic heterocycles. The smallest absolute Gasteiger partial charge is 0.191 e. The molecule has 1 aromatic rings. The number of benzene rings is 1. The maximum absolute atomic E-state index is 11.2. The fourth-order valence-corrected chi connectivity index (χ4v) is 4.44. The van der Waals surface area contributed by atoms with Crippen LogP contribution in [0.3, 0.4) is 0 Å². The van der Waals surface area contributed by atoms with Gasteiger partial charge in [-0.2, -0.15) is 0 Å². The Morgan fingerprint density at radius 3 is 2.44 bits per heavy atom. The molecule has 0 unspecified atom stereocenters. The Morgan fingerprint density at radius 1 is 1.24 bits per heavy atom. The van der Waals surface area contributed by atoms with Crippen molar-refractivity contribution in [1.82, 2.24) is 0 Å². The zero-order valence-corrected chi connectivity index (χ0v) is 17.5. The van der Waals surface area contributed by atoms with E-state index in [-0.39, 0.29) is 10.5 Å². The van der Waals surface area contributed by atoms with E-state index in [0.29, 0.717) is 6.61 Å². The average Bonchev–Trinajstić information content (AvgIpc) is 2.84. The lowest BCUT2D eigenvalue weighted by Crippen LogP contribution is -2.46. The molecule has 0 amide bonds. The molecule has 2 atom stereocenters. The number of hydrogen-bond acceptors (Lipinski definition) is 2. The Kier molecular flexibility index (Phi) is 5.82. The van der Waals surface area contributed by atoms with E-state index in [9.17, 15) is 5.11 Å². The molecule has 0 heterocycles. The van der Waals surface area contributed by atoms with Crippen LogP contribution < -0.4 is 0 Å². The van der Waals surface area contributed by atoms with Gasteiger partial charge in [-0.25, -0.2) is 0 Å². The van der Waals surface area contributed by atoms with Gasteiger partial charge in [-0.3, -0.25) is 0 Å². The molecule has 1 N–H and O–H groups in total. The molecule has 138 valence electrons. The highest BCUT2D eigenvalue weighted by atomic mass is 28.4. The van der Waals surface area contributed by atoms with E-state index in [4.69, 9.17) is 4.43 Å². The SMILES string of the molecule is C=C[C@]1(O)C=CC[C@@]1(CCO[Si](C)(C)C(C)(C)C)Cc1ccccc1. The van der Waals surface area contributed by atoms with Crippen LogP contribution in [0.15, 0.2) is 55.1 Å². The Labute approximate surface area is 154 Å². The van der Waals surface area contributed by atoms with Crippen LogP contribution in [0.25, 0.3) is 0 Å². The van der Waals surface area contributed by atoms with Gasteiger partial charge in [-0.1, -0.05) is 75.9 Å². The summed E-state index contributed by atoms with van der Waals surface area (Å²) in [5.74, 6) is 0. The van der Waals surface area contributed by atoms with Crippen molar-refractivity contribution < 1.29 is 9.53 Å². The zero-order chi connectivity index (χ0) is 18.8. The second kappa shape index (κ2) is 7.22. The molecule has 0 saturated heterocycles. The summed E-state index contributed by atoms with van der Waals surface area (Å²) < 4.78 is 6.42. The van der Waals surface area contributed by atoms with Crippen molar-refractivity contribution in [2.75, 3.05) is 6.61 Å². The molecule has 1 aromatic carbocycles. The Bertz CT molecular complexity index is 615. The van der Waals surface area contributed by atoms with Crippen molar-refractivity contribution in [2.24, 2.45) is 5.41 Å². The number of rotatable bonds is 7. The first-order valence-electron chi connectivity index (χ1n) is 9.27. The topological polar surface area (TPSA) is 29.5 Å². The molecular formula is C22H34O2Si. The molecule has 1 aliphatic rings. The minimum absolute atomic E-state index is 0.197. The fourth-order valence-electron chi connectivity index (χ4n) is 3.40. The molecule has 0 bridgehead atoms. The van der Waals surface area contributed by atoms with E-state index in [0.717, 1.165) is 19.3 Å². The second-order valence-corrected chi connectivity index (χ2v) is 13.7. The molecule has 2 rings (SSSR count). The van der Waals surface area contributed by atoms with Crippen molar-refractivity contribution in [3.63, 3.8) is 0 Å². The highest BCUT2D eigenvalue weighted by Gasteiger charge is 2.49. The second-order valence-electron chi connectivity index (χ2n) is 8.94. The summed E-state index contributed by atoms with van der Waals surface area (Å²) in [4.78, 5) is 0. The number of allylic oxidation sites excluding steroid dienone is 1. The molecule has 0 aliphatic heterocycles. The molecule has 2 nitrogen and oxygen atoms in total. The maximum Gasteiger partial charge on any atom is 0.191 e. The molecule has 0 radical (unpaired) electrons. The van der Waals surface area contributed by atoms with E-state index in [1.54, 1.807) is 6.08 Å². The minimum atomic E-state index is -1.79. The third-order valence-electron chi connectivity index (χ3n) is 6.28. The third-order valence-corrected chi connectivity index (χ3v) is 10.8. The first-order chi connectivity index (χ1) is 11.6. The first-order valence-corrected chi connectivity index (χ1v) is 12.2. The highest BCUT2D eigenvalue weighted by molar-refractivity contribution is 6.74. The van der Waals surface area contributed by atoms with Crippen LogP contribution in [0.5, 0.6) is 0 Å². The lowest BCUT2D eigenvalue weighted by atomic mass is 9.67. The standard InChI is InChI=1S/C22H34O2Si/c1-7-22(23)15-11-14-21(22,18-19-12-9-8-10-13-19)16-17-24-25(5,6)20(2,3)4/h7-13,15,23H,1,14,16-18H2,2-6H3/t21-,22+/m1/s1. The van der Waals surface area contributed by atoms with Crippen molar-refractivity contribution in [2.45, 2.75) is 63.8 Å². The van der Waals surface area contributed by atoms with E-state index in [1.165, 1.54) is 5.56 Å². The van der Waals surface area contributed by atoms with Gasteiger partial charge in [-0.05, 0) is 43.0 Å². The predicted octanol–water partition coefficient (Wildman–Crippen LogP) is 5.50. The lowest BCUT2D eigenvalue weighted by molar-refractivity contribution is -0.00792. The first kappa shape index (κ1) is 20.2. The van der Waals surface area contributed by atoms with Crippen LogP contribution in [0, 0.1) is 5.41 Å². The normalized spacial score (nSPS) is 26.8. The zero-order valence-electron chi connectivity index (χ0n) is 16.5. The Morgan fingerprint density at radius 2 is 1.88 bits per heavy atom. The highest BCUT2D eigenvalue weighted by Crippen LogP contribution is 2.48. The number of aliphatic hydroxyl groups is 1. The molecule has 0 fully saturated rings. The summed E-state index contributed by atoms with van der Waals surface area (Å²) in [5.41, 5.74) is -0.00299. The Balaban J connectivity index is 2.18. The van der Waals surface area contributed by atoms with E-state index >= 15 is 0 Å². The summed E-state index contributed by atoms with van der Waals surface area (Å²) in [6, 6.07) is 10.4. The van der Waals surface area contributed by atoms with Crippen molar-refractivity contribution in [3.8, 4) is 0 Å². The molecule has 25 heavy (non-hydrogen) atoms. The van der Waals surface area contributed by atoms with Gasteiger partial charge < -0.3 is 9.53 Å². The van der Waals surface area contributed by atoms with Gasteiger partial charge in [0.1, 0.15) is 5.60 Å². The largest absolute Gasteiger partial charge is 0.417 e. The van der Waals surface area contributed by atoms with Crippen molar-refractivity contribution in [3.05, 3.63) is 60.7 Å². The van der Waals surface area contributed by atoms with Crippen LogP contribution in [-0.2, 0) is 10.8 Å². The summed E-state index contributed by atoms with van der Waals surface area (Å²) in [7, 11) is -1.79. The van der Waals surface area contributed by atoms with Crippen molar-refractivity contribution in [1.29, 1.82) is 0 Å². The molecule has 1 aliphatic carbocycles. The van der Waals surface area contributed by atoms with Crippen LogP contribution in [-0.4, -0.2) is 25.6 Å². The van der Waals surface area contributed by atoms with Gasteiger partial charge in [0.2, 0.25) is 0 Å². The van der Waals surface area contributed by atoms with Gasteiger partial charge in [0.05, 0.1) is 0 Å². The lowest BCUT2D eigenvalue weighted by Gasteiger charge is -2.43. The molecule has 0 saturated carbocycles. The molecular weight excluding hydrogens is 324 g/mol. The van der Waals surface area contributed by atoms with Gasteiger partial charge in [0, 0.05) is 12.0 Å². The molecule has 0 spiro atoms. The van der Waals surface area contributed by atoms with Gasteiger partial charge >= 0.3 is 0 Å². The third kappa shape index (κ3) is 4.16. The summed E-state index contributed by atoms with van der Waals surface area (Å²) in [5, 5.41) is 11.4. The van der Waals surface area contributed by atoms with Crippen molar-refractivity contribution >= 4 is 8.32 Å². The van der Waals surface area contributed by atoms with E-state index in [2.05, 4.69) is 70.8 Å². The summed E-state index contributed by atoms with van der Waals surface area (Å²) in [6.07, 6.45) is 8.21. The fraction of sp³-hybridized carbons (Fsp3) is 0.545. The summed E-state index contributed by atoms with van der Waals surface area (Å²) in [6.45, 7) is 15.9. The van der Waals surface area contributed by atoms with Gasteiger partial charge in [-0.15, -0.1) is 0 Å². The van der Waals surface area contributed by atoms with E-state index in [1.807, 2.05) is 12.1 Å². The van der Waals surface area contributed by atoms with Crippen LogP contribution in [0.2, 0.25) is 18.1 Å². The van der Waals surface area contributed by atoms with Crippen LogP contribution in [0.1, 0.15) is 39.2 Å². The quantitative estimate of drug-likeness (QED) is 0.515. The van der Waals surface area contributed by atoms with Gasteiger partial charge in [0.25, 0.3) is 0 Å². The summed E-state index contributed by atoms with van der Waals surface area (Å²) >= 11 is 0. The van der Waals surface area contributed by atoms with Crippen LogP contribution >= 0.6 is 0 Å².